The van der Waals surface area contributed by atoms with Crippen molar-refractivity contribution in [3.8, 4) is 11.5 Å². The van der Waals surface area contributed by atoms with Crippen molar-refractivity contribution in [2.45, 2.75) is 31.6 Å². The van der Waals surface area contributed by atoms with E-state index in [2.05, 4.69) is 45.2 Å². The first-order chi connectivity index (χ1) is 12.1. The summed E-state index contributed by atoms with van der Waals surface area (Å²) in [6.45, 7) is 6.06. The van der Waals surface area contributed by atoms with Gasteiger partial charge < -0.3 is 14.0 Å². The average Bonchev–Trinajstić information content (AvgIpc) is 2.53. The van der Waals surface area contributed by atoms with Crippen LogP contribution in [0.5, 0.6) is 11.5 Å². The number of ether oxygens (including phenoxy) is 2. The topological polar surface area (TPSA) is 75.7 Å². The molecule has 8 heteroatoms. The summed E-state index contributed by atoms with van der Waals surface area (Å²) in [6, 6.07) is 8.94. The van der Waals surface area contributed by atoms with Crippen molar-refractivity contribution >= 4 is 55.3 Å². The van der Waals surface area contributed by atoms with E-state index < -0.39 is 10.1 Å². The van der Waals surface area contributed by atoms with Crippen molar-refractivity contribution in [1.29, 1.82) is 0 Å². The molecule has 142 valence electrons. The third-order valence-corrected chi connectivity index (χ3v) is 6.10. The van der Waals surface area contributed by atoms with E-state index in [1.54, 1.807) is 13.0 Å². The SMILES string of the molecule is Cc1cc(S(=O)(=O)[O-])c(C(C)C)cc1OCCOc1ccc(I)cc1I. The van der Waals surface area contributed by atoms with Crippen molar-refractivity contribution in [2.24, 2.45) is 0 Å². The molecule has 0 aliphatic heterocycles. The fraction of sp³-hybridized carbons (Fsp3) is 0.333. The average molecular weight is 601 g/mol. The highest BCUT2D eigenvalue weighted by Gasteiger charge is 2.16. The van der Waals surface area contributed by atoms with Gasteiger partial charge in [-0.1, -0.05) is 13.8 Å². The second-order valence-electron chi connectivity index (χ2n) is 6.04. The molecule has 0 radical (unpaired) electrons. The van der Waals surface area contributed by atoms with Gasteiger partial charge in [-0.05, 0) is 99.5 Å². The molecule has 0 atom stereocenters. The maximum atomic E-state index is 11.5. The summed E-state index contributed by atoms with van der Waals surface area (Å²) >= 11 is 4.46. The van der Waals surface area contributed by atoms with Gasteiger partial charge in [0.1, 0.15) is 34.8 Å². The number of aryl methyl sites for hydroxylation is 1. The molecule has 0 saturated heterocycles. The standard InChI is InChI=1S/C18H20I2O5S/c1-11(2)14-10-17(12(3)8-18(14)26(21,22)23)25-7-6-24-16-5-4-13(19)9-15(16)20/h4-5,8-11H,6-7H2,1-3H3,(H,21,22,23)/p-1. The molecule has 0 heterocycles. The van der Waals surface area contributed by atoms with Gasteiger partial charge in [0.2, 0.25) is 0 Å². The first-order valence-corrected chi connectivity index (χ1v) is 11.5. The Balaban J connectivity index is 2.09. The van der Waals surface area contributed by atoms with E-state index in [9.17, 15) is 13.0 Å². The highest BCUT2D eigenvalue weighted by molar-refractivity contribution is 14.1. The van der Waals surface area contributed by atoms with Crippen LogP contribution >= 0.6 is 45.2 Å². The van der Waals surface area contributed by atoms with E-state index in [-0.39, 0.29) is 10.8 Å². The second-order valence-corrected chi connectivity index (χ2v) is 9.79. The molecule has 0 N–H and O–H groups in total. The number of hydrogen-bond donors (Lipinski definition) is 0. The van der Waals surface area contributed by atoms with E-state index in [1.165, 1.54) is 6.07 Å². The summed E-state index contributed by atoms with van der Waals surface area (Å²) in [7, 11) is -4.52. The summed E-state index contributed by atoms with van der Waals surface area (Å²) in [4.78, 5) is -0.179. The summed E-state index contributed by atoms with van der Waals surface area (Å²) in [5, 5.41) is 0. The summed E-state index contributed by atoms with van der Waals surface area (Å²) < 4.78 is 48.1. The molecule has 0 saturated carbocycles. The Morgan fingerprint density at radius 1 is 1.04 bits per heavy atom. The minimum Gasteiger partial charge on any atom is -0.744 e. The molecular weight excluding hydrogens is 582 g/mol. The zero-order valence-electron chi connectivity index (χ0n) is 14.6. The molecule has 2 aromatic rings. The maximum Gasteiger partial charge on any atom is 0.132 e. The third kappa shape index (κ3) is 5.70. The van der Waals surface area contributed by atoms with Gasteiger partial charge in [-0.25, -0.2) is 8.42 Å². The quantitative estimate of drug-likeness (QED) is 0.262. The van der Waals surface area contributed by atoms with Crippen molar-refractivity contribution in [3.63, 3.8) is 0 Å². The monoisotopic (exact) mass is 601 g/mol. The van der Waals surface area contributed by atoms with Crippen LogP contribution in [-0.2, 0) is 10.1 Å². The molecule has 0 spiro atoms. The fourth-order valence-electron chi connectivity index (χ4n) is 2.40. The lowest BCUT2D eigenvalue weighted by molar-refractivity contribution is 0.215. The zero-order chi connectivity index (χ0) is 19.5. The molecule has 26 heavy (non-hydrogen) atoms. The van der Waals surface area contributed by atoms with Gasteiger partial charge in [0.05, 0.1) is 8.47 Å². The van der Waals surface area contributed by atoms with Gasteiger partial charge in [-0.15, -0.1) is 0 Å². The Hall–Kier alpha value is -0.590. The minimum atomic E-state index is -4.52. The Labute approximate surface area is 181 Å². The fourth-order valence-corrected chi connectivity index (χ4v) is 5.06. The largest absolute Gasteiger partial charge is 0.744 e. The van der Waals surface area contributed by atoms with Crippen LogP contribution in [0.15, 0.2) is 35.2 Å². The zero-order valence-corrected chi connectivity index (χ0v) is 19.7. The predicted molar refractivity (Wildman–Crippen MR) is 116 cm³/mol. The molecule has 5 nitrogen and oxygen atoms in total. The van der Waals surface area contributed by atoms with Crippen LogP contribution in [0.1, 0.15) is 30.9 Å². The van der Waals surface area contributed by atoms with Gasteiger partial charge in [0.25, 0.3) is 0 Å². The van der Waals surface area contributed by atoms with Crippen LogP contribution in [0.4, 0.5) is 0 Å². The van der Waals surface area contributed by atoms with Crippen LogP contribution in [0.2, 0.25) is 0 Å². The van der Waals surface area contributed by atoms with E-state index >= 15 is 0 Å². The van der Waals surface area contributed by atoms with Crippen molar-refractivity contribution < 1.29 is 22.4 Å². The lowest BCUT2D eigenvalue weighted by Gasteiger charge is -2.19. The van der Waals surface area contributed by atoms with Crippen LogP contribution in [0.3, 0.4) is 0 Å². The number of benzene rings is 2. The van der Waals surface area contributed by atoms with E-state index in [1.807, 2.05) is 32.0 Å². The number of halogens is 2. The molecule has 0 aromatic heterocycles. The highest BCUT2D eigenvalue weighted by atomic mass is 127. The first kappa shape index (κ1) is 21.7. The van der Waals surface area contributed by atoms with Crippen molar-refractivity contribution in [2.75, 3.05) is 13.2 Å². The molecule has 0 aliphatic carbocycles. The van der Waals surface area contributed by atoms with Gasteiger partial charge in [-0.3, -0.25) is 0 Å². The number of hydrogen-bond acceptors (Lipinski definition) is 5. The van der Waals surface area contributed by atoms with Gasteiger partial charge in [0.15, 0.2) is 0 Å². The normalized spacial score (nSPS) is 11.7. The van der Waals surface area contributed by atoms with Crippen LogP contribution in [-0.4, -0.2) is 26.2 Å². The first-order valence-electron chi connectivity index (χ1n) is 7.90. The van der Waals surface area contributed by atoms with E-state index in [0.29, 0.717) is 30.1 Å². The third-order valence-electron chi connectivity index (χ3n) is 3.69. The van der Waals surface area contributed by atoms with Gasteiger partial charge in [-0.2, -0.15) is 0 Å². The lowest BCUT2D eigenvalue weighted by atomic mass is 10.0. The Bertz CT molecular complexity index is 895. The molecule has 2 rings (SSSR count). The molecule has 0 fully saturated rings. The molecule has 0 amide bonds. The summed E-state index contributed by atoms with van der Waals surface area (Å²) in [5.41, 5.74) is 1.07. The molecular formula is C18H19I2O5S-. The predicted octanol–water partition coefficient (Wildman–Crippen LogP) is 4.69. The summed E-state index contributed by atoms with van der Waals surface area (Å²) in [5.74, 6) is 1.24. The smallest absolute Gasteiger partial charge is 0.132 e. The van der Waals surface area contributed by atoms with Gasteiger partial charge >= 0.3 is 0 Å². The Morgan fingerprint density at radius 3 is 2.19 bits per heavy atom. The highest BCUT2D eigenvalue weighted by Crippen LogP contribution is 2.31. The summed E-state index contributed by atoms with van der Waals surface area (Å²) in [6.07, 6.45) is 0. The number of rotatable bonds is 7. The van der Waals surface area contributed by atoms with Crippen LogP contribution < -0.4 is 9.47 Å². The second kappa shape index (κ2) is 9.07. The van der Waals surface area contributed by atoms with E-state index in [4.69, 9.17) is 9.47 Å². The molecule has 0 aliphatic rings. The van der Waals surface area contributed by atoms with Crippen molar-refractivity contribution in [3.05, 3.63) is 48.6 Å². The molecule has 2 aromatic carbocycles. The van der Waals surface area contributed by atoms with Crippen LogP contribution in [0, 0.1) is 14.1 Å². The van der Waals surface area contributed by atoms with E-state index in [0.717, 1.165) is 12.9 Å². The molecule has 0 bridgehead atoms. The van der Waals surface area contributed by atoms with Gasteiger partial charge in [0, 0.05) is 3.57 Å². The van der Waals surface area contributed by atoms with Crippen LogP contribution in [0.25, 0.3) is 0 Å². The maximum absolute atomic E-state index is 11.5. The Morgan fingerprint density at radius 2 is 1.65 bits per heavy atom. The minimum absolute atomic E-state index is 0.110. The van der Waals surface area contributed by atoms with Crippen molar-refractivity contribution in [1.82, 2.24) is 0 Å². The lowest BCUT2D eigenvalue weighted by Crippen LogP contribution is -2.12. The molecule has 0 unspecified atom stereocenters. The Kier molecular flexibility index (Phi) is 7.57.